The Balaban J connectivity index is 1.86. The van der Waals surface area contributed by atoms with Crippen molar-refractivity contribution in [1.29, 1.82) is 0 Å². The van der Waals surface area contributed by atoms with Gasteiger partial charge in [-0.15, -0.1) is 0 Å². The molecule has 100 valence electrons. The summed E-state index contributed by atoms with van der Waals surface area (Å²) in [5, 5.41) is 9.70. The van der Waals surface area contributed by atoms with Crippen LogP contribution >= 0.6 is 0 Å². The van der Waals surface area contributed by atoms with Crippen LogP contribution in [0.3, 0.4) is 0 Å². The minimum Gasteiger partial charge on any atom is -0.348 e. The lowest BCUT2D eigenvalue weighted by Crippen LogP contribution is -2.32. The number of rotatable bonds is 5. The van der Waals surface area contributed by atoms with Gasteiger partial charge in [0.15, 0.2) is 0 Å². The number of likely N-dealkylation sites (N-methyl/N-ethyl adjacent to an activating group) is 1. The molecule has 7 heteroatoms. The maximum absolute atomic E-state index is 11.7. The molecule has 1 unspecified atom stereocenters. The monoisotopic (exact) mass is 253 g/mol. The van der Waals surface area contributed by atoms with Crippen LogP contribution in [0.25, 0.3) is 0 Å². The molecule has 2 N–H and O–H groups in total. The van der Waals surface area contributed by atoms with Crippen molar-refractivity contribution in [3.05, 3.63) is 11.7 Å². The molecular weight excluding hydrogens is 234 g/mol. The predicted molar refractivity (Wildman–Crippen MR) is 65.2 cm³/mol. The molecule has 1 amide bonds. The number of carbonyl (C=O) groups is 1. The van der Waals surface area contributed by atoms with Gasteiger partial charge in [0.1, 0.15) is 0 Å². The number of carbonyl (C=O) groups excluding carboxylic acids is 1. The van der Waals surface area contributed by atoms with Crippen LogP contribution in [0.15, 0.2) is 4.52 Å². The van der Waals surface area contributed by atoms with Crippen LogP contribution in [0.2, 0.25) is 0 Å². The zero-order chi connectivity index (χ0) is 13.0. The third-order valence-electron chi connectivity index (χ3n) is 2.85. The molecule has 1 aromatic heterocycles. The molecule has 0 aliphatic carbocycles. The topological polar surface area (TPSA) is 83.3 Å². The lowest BCUT2D eigenvalue weighted by molar-refractivity contribution is 0.0937. The summed E-state index contributed by atoms with van der Waals surface area (Å²) in [6.45, 7) is 2.30. The normalized spacial score (nSPS) is 19.4. The van der Waals surface area contributed by atoms with Crippen LogP contribution in [-0.4, -0.2) is 54.7 Å². The highest BCUT2D eigenvalue weighted by Gasteiger charge is 2.24. The standard InChI is InChI=1S/C11H19N5O2/c1-16(2)7-6-13-10(17)9-14-11(18-15-9)8-4-3-5-12-8/h8,12H,3-7H2,1-2H3,(H,13,17). The fourth-order valence-corrected chi connectivity index (χ4v) is 1.84. The van der Waals surface area contributed by atoms with Crippen molar-refractivity contribution in [3.63, 3.8) is 0 Å². The van der Waals surface area contributed by atoms with Gasteiger partial charge in [0.2, 0.25) is 5.89 Å². The third kappa shape index (κ3) is 3.27. The average molecular weight is 253 g/mol. The van der Waals surface area contributed by atoms with Crippen LogP contribution in [-0.2, 0) is 0 Å². The van der Waals surface area contributed by atoms with E-state index in [0.717, 1.165) is 25.9 Å². The van der Waals surface area contributed by atoms with E-state index in [1.807, 2.05) is 19.0 Å². The second-order valence-corrected chi connectivity index (χ2v) is 4.66. The van der Waals surface area contributed by atoms with Crippen molar-refractivity contribution < 1.29 is 9.32 Å². The Morgan fingerprint density at radius 3 is 3.11 bits per heavy atom. The van der Waals surface area contributed by atoms with E-state index >= 15 is 0 Å². The Morgan fingerprint density at radius 1 is 1.61 bits per heavy atom. The van der Waals surface area contributed by atoms with E-state index in [0.29, 0.717) is 12.4 Å². The fraction of sp³-hybridized carbons (Fsp3) is 0.727. The summed E-state index contributed by atoms with van der Waals surface area (Å²) in [5.41, 5.74) is 0. The van der Waals surface area contributed by atoms with Crippen molar-refractivity contribution in [2.45, 2.75) is 18.9 Å². The van der Waals surface area contributed by atoms with Crippen LogP contribution in [0.5, 0.6) is 0 Å². The van der Waals surface area contributed by atoms with Gasteiger partial charge < -0.3 is 20.1 Å². The Hall–Kier alpha value is -1.47. The molecular formula is C11H19N5O2. The van der Waals surface area contributed by atoms with Gasteiger partial charge in [0, 0.05) is 13.1 Å². The van der Waals surface area contributed by atoms with E-state index in [9.17, 15) is 4.79 Å². The highest BCUT2D eigenvalue weighted by atomic mass is 16.5. The first-order valence-electron chi connectivity index (χ1n) is 6.17. The summed E-state index contributed by atoms with van der Waals surface area (Å²) < 4.78 is 5.10. The van der Waals surface area contributed by atoms with E-state index in [2.05, 4.69) is 20.8 Å². The summed E-state index contributed by atoms with van der Waals surface area (Å²) in [6.07, 6.45) is 2.07. The van der Waals surface area contributed by atoms with Gasteiger partial charge in [-0.05, 0) is 33.5 Å². The quantitative estimate of drug-likeness (QED) is 0.755. The van der Waals surface area contributed by atoms with Crippen LogP contribution in [0.1, 0.15) is 35.4 Å². The summed E-state index contributed by atoms with van der Waals surface area (Å²) in [5.74, 6) is 0.326. The molecule has 2 rings (SSSR count). The molecule has 0 saturated carbocycles. The smallest absolute Gasteiger partial charge is 0.292 e. The minimum atomic E-state index is -0.287. The summed E-state index contributed by atoms with van der Waals surface area (Å²) in [4.78, 5) is 17.8. The average Bonchev–Trinajstić information content (AvgIpc) is 2.99. The van der Waals surface area contributed by atoms with E-state index in [1.165, 1.54) is 0 Å². The van der Waals surface area contributed by atoms with E-state index in [1.54, 1.807) is 0 Å². The number of aromatic nitrogens is 2. The first-order valence-corrected chi connectivity index (χ1v) is 6.17. The van der Waals surface area contributed by atoms with Crippen LogP contribution < -0.4 is 10.6 Å². The Morgan fingerprint density at radius 2 is 2.44 bits per heavy atom. The molecule has 1 aliphatic heterocycles. The molecule has 18 heavy (non-hydrogen) atoms. The molecule has 0 aromatic carbocycles. The zero-order valence-electron chi connectivity index (χ0n) is 10.8. The second kappa shape index (κ2) is 5.92. The van der Waals surface area contributed by atoms with Gasteiger partial charge in [-0.3, -0.25) is 4.79 Å². The number of amides is 1. The van der Waals surface area contributed by atoms with Crippen molar-refractivity contribution in [1.82, 2.24) is 25.7 Å². The van der Waals surface area contributed by atoms with Crippen molar-refractivity contribution in [3.8, 4) is 0 Å². The Labute approximate surface area is 106 Å². The number of hydrogen-bond donors (Lipinski definition) is 2. The first kappa shape index (κ1) is 13.0. The summed E-state index contributed by atoms with van der Waals surface area (Å²) in [6, 6.07) is 0.0980. The zero-order valence-corrected chi connectivity index (χ0v) is 10.8. The predicted octanol–water partition coefficient (Wildman–Crippen LogP) is -0.214. The van der Waals surface area contributed by atoms with Crippen molar-refractivity contribution in [2.24, 2.45) is 0 Å². The SMILES string of the molecule is CN(C)CCNC(=O)c1noc(C2CCCN2)n1. The van der Waals surface area contributed by atoms with Crippen molar-refractivity contribution in [2.75, 3.05) is 33.7 Å². The van der Waals surface area contributed by atoms with Gasteiger partial charge in [0.05, 0.1) is 6.04 Å². The molecule has 1 aromatic rings. The highest BCUT2D eigenvalue weighted by Crippen LogP contribution is 2.20. The highest BCUT2D eigenvalue weighted by molar-refractivity contribution is 5.90. The molecule has 0 bridgehead atoms. The number of nitrogens with one attached hydrogen (secondary N) is 2. The largest absolute Gasteiger partial charge is 0.348 e. The molecule has 1 atom stereocenters. The number of nitrogens with zero attached hydrogens (tertiary/aromatic N) is 3. The molecule has 1 aliphatic rings. The molecule has 0 radical (unpaired) electrons. The summed E-state index contributed by atoms with van der Waals surface area (Å²) in [7, 11) is 3.90. The van der Waals surface area contributed by atoms with Gasteiger partial charge in [0.25, 0.3) is 11.7 Å². The van der Waals surface area contributed by atoms with Gasteiger partial charge in [-0.2, -0.15) is 4.98 Å². The number of hydrogen-bond acceptors (Lipinski definition) is 6. The van der Waals surface area contributed by atoms with Crippen LogP contribution in [0.4, 0.5) is 0 Å². The Bertz CT molecular complexity index is 398. The van der Waals surface area contributed by atoms with Crippen molar-refractivity contribution >= 4 is 5.91 Å². The first-order chi connectivity index (χ1) is 8.66. The molecule has 2 heterocycles. The van der Waals surface area contributed by atoms with Gasteiger partial charge >= 0.3 is 0 Å². The molecule has 1 saturated heterocycles. The minimum absolute atomic E-state index is 0.0980. The lowest BCUT2D eigenvalue weighted by atomic mass is 10.2. The lowest BCUT2D eigenvalue weighted by Gasteiger charge is -2.08. The molecule has 7 nitrogen and oxygen atoms in total. The van der Waals surface area contributed by atoms with E-state index in [-0.39, 0.29) is 17.8 Å². The maximum atomic E-state index is 11.7. The van der Waals surface area contributed by atoms with Gasteiger partial charge in [-0.1, -0.05) is 5.16 Å². The van der Waals surface area contributed by atoms with E-state index < -0.39 is 0 Å². The molecule has 1 fully saturated rings. The second-order valence-electron chi connectivity index (χ2n) is 4.66. The summed E-state index contributed by atoms with van der Waals surface area (Å²) >= 11 is 0. The molecule has 0 spiro atoms. The van der Waals surface area contributed by atoms with Crippen LogP contribution in [0, 0.1) is 0 Å². The third-order valence-corrected chi connectivity index (χ3v) is 2.85. The fourth-order valence-electron chi connectivity index (χ4n) is 1.84. The van der Waals surface area contributed by atoms with E-state index in [4.69, 9.17) is 4.52 Å². The maximum Gasteiger partial charge on any atom is 0.292 e. The van der Waals surface area contributed by atoms with Gasteiger partial charge in [-0.25, -0.2) is 0 Å². The Kier molecular flexibility index (Phi) is 4.27.